The summed E-state index contributed by atoms with van der Waals surface area (Å²) >= 11 is 0. The van der Waals surface area contributed by atoms with Crippen LogP contribution < -0.4 is 19.7 Å². The maximum atomic E-state index is 17.1. The molecule has 0 amide bonds. The number of terminal acetylenes is 1. The van der Waals surface area contributed by atoms with Crippen molar-refractivity contribution in [2.24, 2.45) is 5.92 Å². The number of piperazine rings is 1. The van der Waals surface area contributed by atoms with Crippen molar-refractivity contribution < 1.29 is 18.3 Å². The Bertz CT molecular complexity index is 2100. The minimum absolute atomic E-state index is 0.00439. The van der Waals surface area contributed by atoms with E-state index in [0.29, 0.717) is 58.7 Å². The molecule has 1 aliphatic carbocycles. The number of nitrogens with zero attached hydrogens (tertiary/aromatic N) is 5. The normalized spacial score (nSPS) is 31.7. The quantitative estimate of drug-likeness (QED) is 0.238. The molecular formula is C37H34F2N6O2. The van der Waals surface area contributed by atoms with Crippen LogP contribution in [0.15, 0.2) is 42.5 Å². The van der Waals surface area contributed by atoms with Crippen LogP contribution in [0, 0.1) is 29.9 Å². The predicted molar refractivity (Wildman–Crippen MR) is 174 cm³/mol. The topological polar surface area (TPSA) is 75.6 Å². The molecule has 2 aromatic heterocycles. The lowest BCUT2D eigenvalue weighted by Crippen LogP contribution is -2.62. The predicted octanol–water partition coefficient (Wildman–Crippen LogP) is 5.37. The average molecular weight is 633 g/mol. The molecule has 10 rings (SSSR count). The molecule has 0 spiro atoms. The molecule has 238 valence electrons. The first-order valence-electron chi connectivity index (χ1n) is 16.7. The highest BCUT2D eigenvalue weighted by molar-refractivity contribution is 6.03. The second-order valence-corrected chi connectivity index (χ2v) is 14.5. The molecule has 47 heavy (non-hydrogen) atoms. The van der Waals surface area contributed by atoms with Crippen LogP contribution in [0.5, 0.6) is 11.9 Å². The van der Waals surface area contributed by atoms with Gasteiger partial charge in [0.25, 0.3) is 0 Å². The lowest BCUT2D eigenvalue weighted by Gasteiger charge is -2.42. The van der Waals surface area contributed by atoms with Gasteiger partial charge in [0, 0.05) is 42.2 Å². The maximum absolute atomic E-state index is 17.1. The van der Waals surface area contributed by atoms with Crippen molar-refractivity contribution in [2.45, 2.75) is 74.8 Å². The van der Waals surface area contributed by atoms with Gasteiger partial charge in [-0.1, -0.05) is 42.3 Å². The van der Waals surface area contributed by atoms with E-state index in [1.807, 2.05) is 13.0 Å². The molecule has 8 nitrogen and oxygen atoms in total. The number of fused-ring (bicyclic) bond motifs is 9. The van der Waals surface area contributed by atoms with Crippen LogP contribution in [-0.4, -0.2) is 75.4 Å². The molecule has 2 aromatic carbocycles. The number of hydrogen-bond acceptors (Lipinski definition) is 8. The highest BCUT2D eigenvalue weighted by Crippen LogP contribution is 2.57. The fraction of sp³-hybridized carbons (Fsp3) is 0.432. The third kappa shape index (κ3) is 3.90. The van der Waals surface area contributed by atoms with E-state index in [-0.39, 0.29) is 52.4 Å². The molecular weight excluding hydrogens is 598 g/mol. The minimum Gasteiger partial charge on any atom is -0.472 e. The number of ether oxygens (including phenoxy) is 2. The van der Waals surface area contributed by atoms with Gasteiger partial charge in [-0.25, -0.2) is 13.8 Å². The van der Waals surface area contributed by atoms with Gasteiger partial charge >= 0.3 is 6.01 Å². The zero-order valence-electron chi connectivity index (χ0n) is 26.1. The van der Waals surface area contributed by atoms with E-state index in [2.05, 4.69) is 27.6 Å². The van der Waals surface area contributed by atoms with Crippen LogP contribution >= 0.6 is 0 Å². The van der Waals surface area contributed by atoms with E-state index in [4.69, 9.17) is 30.8 Å². The van der Waals surface area contributed by atoms with Gasteiger partial charge in [0.05, 0.1) is 17.1 Å². The third-order valence-electron chi connectivity index (χ3n) is 11.6. The van der Waals surface area contributed by atoms with E-state index in [0.717, 1.165) is 32.2 Å². The number of benzene rings is 2. The van der Waals surface area contributed by atoms with Gasteiger partial charge in [-0.05, 0) is 56.4 Å². The van der Waals surface area contributed by atoms with Crippen molar-refractivity contribution in [1.82, 2.24) is 25.2 Å². The number of aromatic nitrogens is 3. The summed E-state index contributed by atoms with van der Waals surface area (Å²) in [6, 6.07) is 9.48. The fourth-order valence-corrected chi connectivity index (χ4v) is 9.63. The van der Waals surface area contributed by atoms with Crippen LogP contribution in [-0.2, 0) is 0 Å². The minimum atomic E-state index is -0.652. The summed E-state index contributed by atoms with van der Waals surface area (Å²) in [6.45, 7) is 8.34. The molecule has 1 unspecified atom stereocenters. The monoisotopic (exact) mass is 632 g/mol. The zero-order chi connectivity index (χ0) is 31.8. The van der Waals surface area contributed by atoms with Crippen molar-refractivity contribution in [3.63, 3.8) is 0 Å². The fourth-order valence-electron chi connectivity index (χ4n) is 9.63. The number of anilines is 1. The molecule has 4 aromatic rings. The number of halogens is 2. The molecule has 6 aliphatic rings. The maximum Gasteiger partial charge on any atom is 0.319 e. The Morgan fingerprint density at radius 3 is 2.94 bits per heavy atom. The van der Waals surface area contributed by atoms with Crippen molar-refractivity contribution >= 4 is 27.5 Å². The number of nitrogens with one attached hydrogen (secondary N) is 1. The van der Waals surface area contributed by atoms with Crippen molar-refractivity contribution in [2.75, 3.05) is 24.6 Å². The van der Waals surface area contributed by atoms with Gasteiger partial charge in [0.2, 0.25) is 5.88 Å². The largest absolute Gasteiger partial charge is 0.472 e. The smallest absolute Gasteiger partial charge is 0.319 e. The van der Waals surface area contributed by atoms with E-state index in [1.54, 1.807) is 18.2 Å². The third-order valence-corrected chi connectivity index (χ3v) is 11.6. The van der Waals surface area contributed by atoms with E-state index in [9.17, 15) is 4.39 Å². The summed E-state index contributed by atoms with van der Waals surface area (Å²) in [4.78, 5) is 19.4. The van der Waals surface area contributed by atoms with Crippen molar-refractivity contribution in [1.29, 1.82) is 0 Å². The summed E-state index contributed by atoms with van der Waals surface area (Å²) in [7, 11) is 0. The first-order valence-corrected chi connectivity index (χ1v) is 16.7. The summed E-state index contributed by atoms with van der Waals surface area (Å²) in [5.74, 6) is 2.81. The highest BCUT2D eigenvalue weighted by atomic mass is 19.1. The second kappa shape index (κ2) is 9.61. The van der Waals surface area contributed by atoms with Crippen molar-refractivity contribution in [3.8, 4) is 35.5 Å². The molecule has 0 radical (unpaired) electrons. The van der Waals surface area contributed by atoms with Gasteiger partial charge in [-0.15, -0.1) is 6.42 Å². The summed E-state index contributed by atoms with van der Waals surface area (Å²) in [6.07, 6.45) is 10.8. The molecule has 7 atom stereocenters. The number of piperidine rings is 1. The van der Waals surface area contributed by atoms with Crippen LogP contribution in [0.2, 0.25) is 0 Å². The van der Waals surface area contributed by atoms with Crippen LogP contribution in [0.4, 0.5) is 14.6 Å². The number of hydrogen-bond donors (Lipinski definition) is 1. The highest BCUT2D eigenvalue weighted by Gasteiger charge is 2.62. The summed E-state index contributed by atoms with van der Waals surface area (Å²) < 4.78 is 45.3. The van der Waals surface area contributed by atoms with Gasteiger partial charge in [0.15, 0.2) is 5.82 Å². The average Bonchev–Trinajstić information content (AvgIpc) is 3.49. The molecule has 5 aliphatic heterocycles. The lowest BCUT2D eigenvalue weighted by atomic mass is 9.92. The van der Waals surface area contributed by atoms with Gasteiger partial charge in [0.1, 0.15) is 40.9 Å². The van der Waals surface area contributed by atoms with Crippen LogP contribution in [0.1, 0.15) is 44.6 Å². The Morgan fingerprint density at radius 1 is 1.17 bits per heavy atom. The molecule has 10 heteroatoms. The molecule has 7 heterocycles. The Balaban J connectivity index is 1.17. The standard InChI is InChI=1S/C37H34F2N6O2/c1-4-23-25(38)10-8-20-6-5-7-24(28(20)23)31-30(39)32-29-34(44-16-22-9-11-26(40-22)33(44)19(3)47-35(29)41-31)43-36(42-32)46-17-37-13-18(2)15-45(37)27-12-21(27)14-37/h1,5-8,10,19,21-22,26-27,33,40H,2,9,11-17H2,3H3/t19-,21-,22+,26-,27-,33+,37?/m0/s1. The van der Waals surface area contributed by atoms with E-state index in [1.165, 1.54) is 18.1 Å². The number of rotatable bonds is 4. The lowest BCUT2D eigenvalue weighted by molar-refractivity contribution is 0.0866. The van der Waals surface area contributed by atoms with Gasteiger partial charge in [-0.3, -0.25) is 4.90 Å². The Kier molecular flexibility index (Phi) is 5.68. The first-order chi connectivity index (χ1) is 22.8. The Morgan fingerprint density at radius 2 is 2.06 bits per heavy atom. The van der Waals surface area contributed by atoms with Gasteiger partial charge in [-0.2, -0.15) is 9.97 Å². The Labute approximate surface area is 271 Å². The van der Waals surface area contributed by atoms with Crippen molar-refractivity contribution in [3.05, 3.63) is 59.7 Å². The Hall–Kier alpha value is -4.33. The van der Waals surface area contributed by atoms with E-state index >= 15 is 4.39 Å². The van der Waals surface area contributed by atoms with E-state index < -0.39 is 11.6 Å². The number of pyridine rings is 1. The van der Waals surface area contributed by atoms with Gasteiger partial charge < -0.3 is 19.7 Å². The molecule has 1 saturated carbocycles. The zero-order valence-corrected chi connectivity index (χ0v) is 26.1. The SMILES string of the molecule is C#Cc1c(F)ccc2cccc(-c3nc4c5c(nc(OCC67CC(=C)CN6[C@H]6C[C@H]6C7)nc5c3F)N3C[C@H]5CC[C@H](N5)[C@H]3[C@H](C)O4)c12. The molecule has 2 bridgehead atoms. The molecule has 5 fully saturated rings. The second-order valence-electron chi connectivity index (χ2n) is 14.5. The molecule has 4 saturated heterocycles. The summed E-state index contributed by atoms with van der Waals surface area (Å²) in [5, 5.41) is 5.27. The van der Waals surface area contributed by atoms with Crippen LogP contribution in [0.25, 0.3) is 32.9 Å². The van der Waals surface area contributed by atoms with Crippen LogP contribution in [0.3, 0.4) is 0 Å². The summed E-state index contributed by atoms with van der Waals surface area (Å²) in [5.41, 5.74) is 1.59. The molecule has 1 N–H and O–H groups in total. The first kappa shape index (κ1) is 27.8.